The fourth-order valence-corrected chi connectivity index (χ4v) is 2.69. The third-order valence-electron chi connectivity index (χ3n) is 3.48. The predicted octanol–water partition coefficient (Wildman–Crippen LogP) is 3.29. The van der Waals surface area contributed by atoms with E-state index in [1.807, 2.05) is 0 Å². The van der Waals surface area contributed by atoms with Crippen molar-refractivity contribution in [1.29, 1.82) is 0 Å². The molecule has 0 aromatic heterocycles. The van der Waals surface area contributed by atoms with Crippen molar-refractivity contribution in [1.82, 2.24) is 5.32 Å². The van der Waals surface area contributed by atoms with Gasteiger partial charge in [0.15, 0.2) is 0 Å². The van der Waals surface area contributed by atoms with Crippen LogP contribution in [0.25, 0.3) is 0 Å². The minimum Gasteiger partial charge on any atom is -0.368 e. The molecule has 132 valence electrons. The second-order valence-corrected chi connectivity index (χ2v) is 6.21. The molecule has 2 aromatic rings. The number of carbonyl (C=O) groups is 2. The van der Waals surface area contributed by atoms with Crippen molar-refractivity contribution in [2.24, 2.45) is 5.73 Å². The van der Waals surface area contributed by atoms with E-state index in [-0.39, 0.29) is 17.5 Å². The molecule has 2 rings (SSSR count). The zero-order valence-electron chi connectivity index (χ0n) is 12.8. The van der Waals surface area contributed by atoms with Crippen LogP contribution in [-0.2, 0) is 17.4 Å². The van der Waals surface area contributed by atoms with E-state index >= 15 is 0 Å². The summed E-state index contributed by atoms with van der Waals surface area (Å²) < 4.78 is 39.8. The van der Waals surface area contributed by atoms with E-state index in [9.17, 15) is 22.8 Å². The van der Waals surface area contributed by atoms with Crippen LogP contribution in [0.4, 0.5) is 13.2 Å². The van der Waals surface area contributed by atoms with Crippen molar-refractivity contribution in [3.05, 3.63) is 69.7 Å². The molecular formula is C17H14BrF3N2O2. The molecule has 0 saturated heterocycles. The number of hydrogen-bond donors (Lipinski definition) is 2. The molecule has 0 aliphatic rings. The molecule has 3 N–H and O–H groups in total. The molecular weight excluding hydrogens is 401 g/mol. The first-order valence-corrected chi connectivity index (χ1v) is 7.98. The monoisotopic (exact) mass is 414 g/mol. The van der Waals surface area contributed by atoms with E-state index in [4.69, 9.17) is 5.73 Å². The standard InChI is InChI=1S/C17H14BrF3N2O2/c18-12-6-3-5-11(8-12)16(25)23-14(15(22)24)9-10-4-1-2-7-13(10)17(19,20)21/h1-8,14H,9H2,(H2,22,24)(H,23,25)/t14-/m0/s1. The van der Waals surface area contributed by atoms with Gasteiger partial charge in [0, 0.05) is 16.5 Å². The molecule has 1 atom stereocenters. The van der Waals surface area contributed by atoms with Crippen molar-refractivity contribution >= 4 is 27.7 Å². The summed E-state index contributed by atoms with van der Waals surface area (Å²) >= 11 is 3.21. The Hall–Kier alpha value is -2.35. The third kappa shape index (κ3) is 5.06. The van der Waals surface area contributed by atoms with Gasteiger partial charge in [-0.2, -0.15) is 13.2 Å². The summed E-state index contributed by atoms with van der Waals surface area (Å²) in [5.74, 6) is -1.52. The van der Waals surface area contributed by atoms with Gasteiger partial charge in [-0.05, 0) is 29.8 Å². The quantitative estimate of drug-likeness (QED) is 0.787. The highest BCUT2D eigenvalue weighted by molar-refractivity contribution is 9.10. The van der Waals surface area contributed by atoms with E-state index in [0.29, 0.717) is 4.47 Å². The van der Waals surface area contributed by atoms with Gasteiger partial charge in [0.1, 0.15) is 6.04 Å². The highest BCUT2D eigenvalue weighted by Crippen LogP contribution is 2.32. The number of carbonyl (C=O) groups excluding carboxylic acids is 2. The van der Waals surface area contributed by atoms with Crippen LogP contribution in [0.1, 0.15) is 21.5 Å². The Morgan fingerprint density at radius 3 is 2.40 bits per heavy atom. The molecule has 2 aromatic carbocycles. The lowest BCUT2D eigenvalue weighted by molar-refractivity contribution is -0.138. The summed E-state index contributed by atoms with van der Waals surface area (Å²) in [6.07, 6.45) is -4.92. The lowest BCUT2D eigenvalue weighted by Gasteiger charge is -2.18. The number of nitrogens with two attached hydrogens (primary N) is 1. The summed E-state index contributed by atoms with van der Waals surface area (Å²) in [5, 5.41) is 2.39. The van der Waals surface area contributed by atoms with E-state index in [0.717, 1.165) is 6.07 Å². The maximum Gasteiger partial charge on any atom is 0.416 e. The molecule has 0 unspecified atom stereocenters. The average molecular weight is 415 g/mol. The first-order valence-electron chi connectivity index (χ1n) is 7.19. The summed E-state index contributed by atoms with van der Waals surface area (Å²) in [7, 11) is 0. The Bertz CT molecular complexity index is 793. The smallest absolute Gasteiger partial charge is 0.368 e. The van der Waals surface area contributed by atoms with Crippen molar-refractivity contribution in [3.63, 3.8) is 0 Å². The van der Waals surface area contributed by atoms with Crippen molar-refractivity contribution in [3.8, 4) is 0 Å². The normalized spacial score (nSPS) is 12.5. The summed E-state index contributed by atoms with van der Waals surface area (Å²) in [6, 6.07) is 9.96. The Morgan fingerprint density at radius 2 is 1.80 bits per heavy atom. The number of hydrogen-bond acceptors (Lipinski definition) is 2. The minimum absolute atomic E-state index is 0.117. The molecule has 0 bridgehead atoms. The molecule has 0 spiro atoms. The molecule has 0 saturated carbocycles. The SMILES string of the molecule is NC(=O)[C@H](Cc1ccccc1C(F)(F)F)NC(=O)c1cccc(Br)c1. The van der Waals surface area contributed by atoms with Gasteiger partial charge in [-0.3, -0.25) is 9.59 Å². The molecule has 0 heterocycles. The average Bonchev–Trinajstić information content (AvgIpc) is 2.53. The molecule has 0 aliphatic carbocycles. The number of primary amides is 1. The van der Waals surface area contributed by atoms with Gasteiger partial charge in [0.2, 0.25) is 5.91 Å². The van der Waals surface area contributed by atoms with Gasteiger partial charge in [0.25, 0.3) is 5.91 Å². The van der Waals surface area contributed by atoms with Gasteiger partial charge in [-0.25, -0.2) is 0 Å². The third-order valence-corrected chi connectivity index (χ3v) is 3.98. The first kappa shape index (κ1) is 19.0. The van der Waals surface area contributed by atoms with Gasteiger partial charge in [-0.15, -0.1) is 0 Å². The fraction of sp³-hybridized carbons (Fsp3) is 0.176. The molecule has 0 fully saturated rings. The first-order chi connectivity index (χ1) is 11.7. The Labute approximate surface area is 150 Å². The van der Waals surface area contributed by atoms with Crippen LogP contribution in [0.15, 0.2) is 53.0 Å². The van der Waals surface area contributed by atoms with Crippen molar-refractivity contribution < 1.29 is 22.8 Å². The Kier molecular flexibility index (Phi) is 5.84. The summed E-state index contributed by atoms with van der Waals surface area (Å²) in [5.41, 5.74) is 4.53. The predicted molar refractivity (Wildman–Crippen MR) is 89.7 cm³/mol. The van der Waals surface area contributed by atoms with Crippen LogP contribution in [0.3, 0.4) is 0 Å². The number of alkyl halides is 3. The van der Waals surface area contributed by atoms with Crippen molar-refractivity contribution in [2.75, 3.05) is 0 Å². The molecule has 2 amide bonds. The summed E-state index contributed by atoms with van der Waals surface area (Å²) in [4.78, 5) is 23.8. The van der Waals surface area contributed by atoms with Crippen LogP contribution in [-0.4, -0.2) is 17.9 Å². The van der Waals surface area contributed by atoms with Gasteiger partial charge < -0.3 is 11.1 Å². The summed E-state index contributed by atoms with van der Waals surface area (Å²) in [6.45, 7) is 0. The Balaban J connectivity index is 2.23. The van der Waals surface area contributed by atoms with Crippen LogP contribution in [0.2, 0.25) is 0 Å². The van der Waals surface area contributed by atoms with Gasteiger partial charge in [0.05, 0.1) is 5.56 Å². The van der Waals surface area contributed by atoms with Crippen LogP contribution in [0, 0.1) is 0 Å². The van der Waals surface area contributed by atoms with Gasteiger partial charge >= 0.3 is 6.18 Å². The Morgan fingerprint density at radius 1 is 1.12 bits per heavy atom. The topological polar surface area (TPSA) is 72.2 Å². The van der Waals surface area contributed by atoms with Crippen molar-refractivity contribution in [2.45, 2.75) is 18.6 Å². The number of nitrogens with one attached hydrogen (secondary N) is 1. The maximum absolute atomic E-state index is 13.1. The molecule has 0 aliphatic heterocycles. The number of amides is 2. The minimum atomic E-state index is -4.56. The number of rotatable bonds is 5. The highest BCUT2D eigenvalue weighted by Gasteiger charge is 2.34. The largest absolute Gasteiger partial charge is 0.416 e. The van der Waals surface area contributed by atoms with Crippen LogP contribution < -0.4 is 11.1 Å². The fourth-order valence-electron chi connectivity index (χ4n) is 2.29. The number of halogens is 4. The van der Waals surface area contributed by atoms with Gasteiger partial charge in [-0.1, -0.05) is 40.2 Å². The van der Waals surface area contributed by atoms with Crippen LogP contribution in [0.5, 0.6) is 0 Å². The molecule has 0 radical (unpaired) electrons. The zero-order valence-corrected chi connectivity index (χ0v) is 14.4. The maximum atomic E-state index is 13.1. The molecule has 25 heavy (non-hydrogen) atoms. The molecule has 4 nitrogen and oxygen atoms in total. The lowest BCUT2D eigenvalue weighted by Crippen LogP contribution is -2.46. The molecule has 8 heteroatoms. The zero-order chi connectivity index (χ0) is 18.6. The van der Waals surface area contributed by atoms with Crippen LogP contribution >= 0.6 is 15.9 Å². The van der Waals surface area contributed by atoms with E-state index in [1.54, 1.807) is 12.1 Å². The van der Waals surface area contributed by atoms with E-state index < -0.39 is 29.6 Å². The van der Waals surface area contributed by atoms with E-state index in [1.165, 1.54) is 30.3 Å². The van der Waals surface area contributed by atoms with E-state index in [2.05, 4.69) is 21.2 Å². The number of benzene rings is 2. The lowest BCUT2D eigenvalue weighted by atomic mass is 9.99. The highest BCUT2D eigenvalue weighted by atomic mass is 79.9. The second-order valence-electron chi connectivity index (χ2n) is 5.30. The second kappa shape index (κ2) is 7.69.